The maximum absolute atomic E-state index is 12.5. The van der Waals surface area contributed by atoms with Crippen molar-refractivity contribution < 1.29 is 23.8 Å². The molecule has 0 atom stereocenters. The van der Waals surface area contributed by atoms with E-state index in [2.05, 4.69) is 0 Å². The number of amides is 2. The van der Waals surface area contributed by atoms with Crippen molar-refractivity contribution in [1.82, 2.24) is 4.90 Å². The number of primary amides is 1. The molecule has 1 aromatic rings. The largest absolute Gasteiger partial charge is 0.486 e. The van der Waals surface area contributed by atoms with E-state index in [1.54, 1.807) is 6.07 Å². The van der Waals surface area contributed by atoms with Crippen LogP contribution in [0.5, 0.6) is 11.5 Å². The van der Waals surface area contributed by atoms with Crippen LogP contribution in [0.15, 0.2) is 12.1 Å². The molecule has 8 heteroatoms. The first-order valence-corrected chi connectivity index (χ1v) is 7.06. The minimum Gasteiger partial charge on any atom is -0.486 e. The van der Waals surface area contributed by atoms with Gasteiger partial charge in [-0.25, -0.2) is 0 Å². The van der Waals surface area contributed by atoms with Crippen molar-refractivity contribution in [3.8, 4) is 11.5 Å². The van der Waals surface area contributed by atoms with Crippen LogP contribution in [-0.4, -0.2) is 56.7 Å². The Kier molecular flexibility index (Phi) is 5.46. The molecule has 2 N–H and O–H groups in total. The molecule has 2 rings (SSSR count). The summed E-state index contributed by atoms with van der Waals surface area (Å²) in [5.74, 6) is -0.154. The van der Waals surface area contributed by atoms with E-state index in [0.29, 0.717) is 30.3 Å². The Morgan fingerprint density at radius 1 is 1.36 bits per heavy atom. The summed E-state index contributed by atoms with van der Waals surface area (Å²) in [5.41, 5.74) is 5.48. The van der Waals surface area contributed by atoms with Gasteiger partial charge < -0.3 is 24.8 Å². The first-order valence-electron chi connectivity index (χ1n) is 6.68. The van der Waals surface area contributed by atoms with Crippen LogP contribution in [0.2, 0.25) is 5.02 Å². The van der Waals surface area contributed by atoms with Gasteiger partial charge in [0, 0.05) is 19.2 Å². The second-order valence-electron chi connectivity index (χ2n) is 4.67. The summed E-state index contributed by atoms with van der Waals surface area (Å²) in [6, 6.07) is 3.03. The van der Waals surface area contributed by atoms with Crippen LogP contribution in [-0.2, 0) is 9.53 Å². The molecule has 0 spiro atoms. The van der Waals surface area contributed by atoms with Crippen LogP contribution >= 0.6 is 11.6 Å². The third-order valence-electron chi connectivity index (χ3n) is 3.04. The second-order valence-corrected chi connectivity index (χ2v) is 5.08. The number of ether oxygens (including phenoxy) is 3. The molecule has 0 aromatic heterocycles. The van der Waals surface area contributed by atoms with E-state index in [-0.39, 0.29) is 30.6 Å². The topological polar surface area (TPSA) is 91.1 Å². The fourth-order valence-corrected chi connectivity index (χ4v) is 2.32. The van der Waals surface area contributed by atoms with Gasteiger partial charge in [0.05, 0.1) is 18.2 Å². The molecule has 1 heterocycles. The Morgan fingerprint density at radius 3 is 2.77 bits per heavy atom. The zero-order valence-electron chi connectivity index (χ0n) is 12.1. The third-order valence-corrected chi connectivity index (χ3v) is 3.32. The van der Waals surface area contributed by atoms with Crippen LogP contribution in [0.4, 0.5) is 0 Å². The Bertz CT molecular complexity index is 579. The number of hydrogen-bond donors (Lipinski definition) is 1. The quantitative estimate of drug-likeness (QED) is 0.829. The summed E-state index contributed by atoms with van der Waals surface area (Å²) >= 11 is 6.11. The van der Waals surface area contributed by atoms with Gasteiger partial charge in [-0.3, -0.25) is 9.59 Å². The van der Waals surface area contributed by atoms with Crippen LogP contribution in [0.1, 0.15) is 10.4 Å². The summed E-state index contributed by atoms with van der Waals surface area (Å²) in [5, 5.41) is 0.284. The lowest BCUT2D eigenvalue weighted by atomic mass is 10.1. The van der Waals surface area contributed by atoms with Gasteiger partial charge in [0.25, 0.3) is 5.91 Å². The predicted molar refractivity (Wildman–Crippen MR) is 79.4 cm³/mol. The minimum atomic E-state index is -0.604. The highest BCUT2D eigenvalue weighted by molar-refractivity contribution is 6.32. The van der Waals surface area contributed by atoms with Crippen LogP contribution < -0.4 is 15.2 Å². The van der Waals surface area contributed by atoms with Gasteiger partial charge in [0.1, 0.15) is 13.2 Å². The maximum Gasteiger partial charge on any atom is 0.254 e. The van der Waals surface area contributed by atoms with Gasteiger partial charge in [0.15, 0.2) is 11.5 Å². The van der Waals surface area contributed by atoms with E-state index < -0.39 is 5.91 Å². The average Bonchev–Trinajstić information content (AvgIpc) is 2.50. The van der Waals surface area contributed by atoms with Gasteiger partial charge in [-0.15, -0.1) is 0 Å². The van der Waals surface area contributed by atoms with Crippen LogP contribution in [0, 0.1) is 0 Å². The van der Waals surface area contributed by atoms with E-state index in [0.717, 1.165) is 0 Å². The zero-order chi connectivity index (χ0) is 16.1. The number of nitrogens with two attached hydrogens (primary N) is 1. The van der Waals surface area contributed by atoms with Crippen molar-refractivity contribution in [3.05, 3.63) is 22.7 Å². The van der Waals surface area contributed by atoms with Crippen molar-refractivity contribution in [2.24, 2.45) is 5.73 Å². The number of methoxy groups -OCH3 is 1. The van der Waals surface area contributed by atoms with Crippen molar-refractivity contribution in [3.63, 3.8) is 0 Å². The Hall–Kier alpha value is -1.99. The number of carbonyl (C=O) groups excluding carboxylic acids is 2. The molecule has 0 aliphatic carbocycles. The third kappa shape index (κ3) is 3.80. The number of hydrogen-bond acceptors (Lipinski definition) is 5. The van der Waals surface area contributed by atoms with Gasteiger partial charge in [-0.2, -0.15) is 0 Å². The maximum atomic E-state index is 12.5. The lowest BCUT2D eigenvalue weighted by Gasteiger charge is -2.23. The average molecular weight is 329 g/mol. The molecule has 2 amide bonds. The molecule has 1 aromatic carbocycles. The van der Waals surface area contributed by atoms with Gasteiger partial charge >= 0.3 is 0 Å². The minimum absolute atomic E-state index is 0.200. The van der Waals surface area contributed by atoms with E-state index in [9.17, 15) is 9.59 Å². The summed E-state index contributed by atoms with van der Waals surface area (Å²) in [6.45, 7) is 1.12. The first kappa shape index (κ1) is 16.4. The standard InChI is InChI=1S/C14H17ClN2O5/c1-20-3-2-17(8-12(16)18)14(19)9-6-10(15)13-11(7-9)21-4-5-22-13/h6-7H,2-5,8H2,1H3,(H2,16,18). The lowest BCUT2D eigenvalue weighted by molar-refractivity contribution is -0.118. The highest BCUT2D eigenvalue weighted by Crippen LogP contribution is 2.38. The highest BCUT2D eigenvalue weighted by Gasteiger charge is 2.23. The van der Waals surface area contributed by atoms with E-state index in [1.807, 2.05) is 0 Å². The SMILES string of the molecule is COCCN(CC(N)=O)C(=O)c1cc(Cl)c2c(c1)OCCO2. The fourth-order valence-electron chi connectivity index (χ4n) is 2.06. The molecule has 120 valence electrons. The molecule has 1 aliphatic heterocycles. The summed E-state index contributed by atoms with van der Waals surface area (Å²) < 4.78 is 15.8. The number of benzene rings is 1. The normalized spacial score (nSPS) is 12.8. The molecule has 0 bridgehead atoms. The first-order chi connectivity index (χ1) is 10.5. The molecule has 1 aliphatic rings. The van der Waals surface area contributed by atoms with Crippen molar-refractivity contribution in [2.75, 3.05) is 40.0 Å². The van der Waals surface area contributed by atoms with Crippen LogP contribution in [0.25, 0.3) is 0 Å². The molecular weight excluding hydrogens is 312 g/mol. The number of carbonyl (C=O) groups is 2. The second kappa shape index (κ2) is 7.33. The van der Waals surface area contributed by atoms with Gasteiger partial charge in [0.2, 0.25) is 5.91 Å². The summed E-state index contributed by atoms with van der Waals surface area (Å²) in [6.07, 6.45) is 0. The smallest absolute Gasteiger partial charge is 0.254 e. The van der Waals surface area contributed by atoms with Crippen LogP contribution in [0.3, 0.4) is 0 Å². The Balaban J connectivity index is 2.25. The van der Waals surface area contributed by atoms with Gasteiger partial charge in [-0.05, 0) is 12.1 Å². The van der Waals surface area contributed by atoms with Crippen molar-refractivity contribution in [1.29, 1.82) is 0 Å². The molecule has 0 saturated heterocycles. The van der Waals surface area contributed by atoms with Crippen molar-refractivity contribution >= 4 is 23.4 Å². The molecule has 0 fully saturated rings. The monoisotopic (exact) mass is 328 g/mol. The number of halogens is 1. The fraction of sp³-hybridized carbons (Fsp3) is 0.429. The summed E-state index contributed by atoms with van der Waals surface area (Å²) in [7, 11) is 1.51. The molecule has 22 heavy (non-hydrogen) atoms. The molecule has 0 unspecified atom stereocenters. The number of rotatable bonds is 6. The molecular formula is C14H17ClN2O5. The van der Waals surface area contributed by atoms with E-state index in [1.165, 1.54) is 18.1 Å². The Morgan fingerprint density at radius 2 is 2.09 bits per heavy atom. The highest BCUT2D eigenvalue weighted by atomic mass is 35.5. The number of fused-ring (bicyclic) bond motifs is 1. The Labute approximate surface area is 132 Å². The molecule has 0 radical (unpaired) electrons. The van der Waals surface area contributed by atoms with E-state index in [4.69, 9.17) is 31.5 Å². The molecule has 0 saturated carbocycles. The predicted octanol–water partition coefficient (Wildman–Crippen LogP) is 0.685. The van der Waals surface area contributed by atoms with E-state index >= 15 is 0 Å². The van der Waals surface area contributed by atoms with Gasteiger partial charge in [-0.1, -0.05) is 11.6 Å². The van der Waals surface area contributed by atoms with Crippen molar-refractivity contribution in [2.45, 2.75) is 0 Å². The molecule has 7 nitrogen and oxygen atoms in total. The number of nitrogens with zero attached hydrogens (tertiary/aromatic N) is 1. The summed E-state index contributed by atoms with van der Waals surface area (Å²) in [4.78, 5) is 25.0. The zero-order valence-corrected chi connectivity index (χ0v) is 12.9. The lowest BCUT2D eigenvalue weighted by Crippen LogP contribution is -2.40.